The van der Waals surface area contributed by atoms with Gasteiger partial charge >= 0.3 is 0 Å². The first kappa shape index (κ1) is 16.6. The van der Waals surface area contributed by atoms with Gasteiger partial charge in [-0.05, 0) is 53.7 Å². The van der Waals surface area contributed by atoms with E-state index in [9.17, 15) is 9.18 Å². The van der Waals surface area contributed by atoms with Gasteiger partial charge in [-0.15, -0.1) is 5.10 Å². The lowest BCUT2D eigenvalue weighted by atomic mass is 10.2. The number of tetrazole rings is 1. The first-order chi connectivity index (χ1) is 12.2. The maximum atomic E-state index is 13.0. The molecule has 0 saturated heterocycles. The van der Waals surface area contributed by atoms with Crippen LogP contribution < -0.4 is 10.1 Å². The molecule has 1 aromatic heterocycles. The van der Waals surface area contributed by atoms with E-state index in [2.05, 4.69) is 20.8 Å². The second-order valence-corrected chi connectivity index (χ2v) is 5.10. The number of ether oxygens (including phenoxy) is 1. The molecule has 3 aromatic rings. The molecule has 0 atom stereocenters. The lowest BCUT2D eigenvalue weighted by Crippen LogP contribution is -2.25. The van der Waals surface area contributed by atoms with Crippen LogP contribution in [0.4, 0.5) is 4.39 Å². The van der Waals surface area contributed by atoms with Gasteiger partial charge in [0.05, 0.1) is 24.4 Å². The average molecular weight is 341 g/mol. The molecule has 0 radical (unpaired) electrons. The number of aromatic nitrogens is 4. The number of carbonyl (C=O) groups is 1. The molecule has 0 bridgehead atoms. The lowest BCUT2D eigenvalue weighted by molar-refractivity contribution is 0.0946. The summed E-state index contributed by atoms with van der Waals surface area (Å²) in [6.45, 7) is 2.43. The Morgan fingerprint density at radius 2 is 1.96 bits per heavy atom. The summed E-state index contributed by atoms with van der Waals surface area (Å²) < 4.78 is 19.9. The molecule has 8 heteroatoms. The van der Waals surface area contributed by atoms with E-state index in [0.717, 1.165) is 0 Å². The second-order valence-electron chi connectivity index (χ2n) is 5.10. The molecular formula is C17H16FN5O2. The van der Waals surface area contributed by atoms with Gasteiger partial charge in [0, 0.05) is 0 Å². The van der Waals surface area contributed by atoms with E-state index >= 15 is 0 Å². The van der Waals surface area contributed by atoms with Gasteiger partial charge in [0.2, 0.25) is 0 Å². The van der Waals surface area contributed by atoms with E-state index in [1.165, 1.54) is 16.8 Å². The van der Waals surface area contributed by atoms with Crippen LogP contribution in [-0.2, 0) is 6.54 Å². The second kappa shape index (κ2) is 7.52. The van der Waals surface area contributed by atoms with Crippen molar-refractivity contribution in [3.05, 3.63) is 65.7 Å². The molecule has 3 rings (SSSR count). The highest BCUT2D eigenvalue weighted by Crippen LogP contribution is 2.18. The standard InChI is InChI=1S/C17H16FN5O2/c1-2-25-15-6-4-3-5-14(15)17(24)19-11-16-20-21-22-23(16)13-9-7-12(18)8-10-13/h3-10H,2,11H2,1H3,(H,19,24). The highest BCUT2D eigenvalue weighted by atomic mass is 19.1. The third kappa shape index (κ3) is 3.79. The largest absolute Gasteiger partial charge is 0.493 e. The molecular weight excluding hydrogens is 325 g/mol. The zero-order chi connectivity index (χ0) is 17.6. The molecule has 0 saturated carbocycles. The summed E-state index contributed by atoms with van der Waals surface area (Å²) in [7, 11) is 0. The Morgan fingerprint density at radius 1 is 1.20 bits per heavy atom. The predicted molar refractivity (Wildman–Crippen MR) is 87.9 cm³/mol. The topological polar surface area (TPSA) is 81.9 Å². The average Bonchev–Trinajstić information content (AvgIpc) is 3.09. The summed E-state index contributed by atoms with van der Waals surface area (Å²) in [5.74, 6) is 0.298. The van der Waals surface area contributed by atoms with Crippen molar-refractivity contribution in [2.75, 3.05) is 6.61 Å². The van der Waals surface area contributed by atoms with Gasteiger partial charge in [-0.3, -0.25) is 4.79 Å². The normalized spacial score (nSPS) is 10.5. The van der Waals surface area contributed by atoms with Crippen LogP contribution in [0, 0.1) is 5.82 Å². The Kier molecular flexibility index (Phi) is 4.98. The number of halogens is 1. The molecule has 7 nitrogen and oxygen atoms in total. The van der Waals surface area contributed by atoms with Crippen LogP contribution >= 0.6 is 0 Å². The highest BCUT2D eigenvalue weighted by Gasteiger charge is 2.14. The van der Waals surface area contributed by atoms with Gasteiger partial charge < -0.3 is 10.1 Å². The van der Waals surface area contributed by atoms with Crippen LogP contribution in [0.5, 0.6) is 5.75 Å². The van der Waals surface area contributed by atoms with Gasteiger partial charge in [-0.1, -0.05) is 12.1 Å². The van der Waals surface area contributed by atoms with Gasteiger partial charge in [0.15, 0.2) is 5.82 Å². The Hall–Kier alpha value is -3.29. The van der Waals surface area contributed by atoms with Gasteiger partial charge in [-0.25, -0.2) is 4.39 Å². The minimum Gasteiger partial charge on any atom is -0.493 e. The molecule has 0 fully saturated rings. The quantitative estimate of drug-likeness (QED) is 0.743. The Morgan fingerprint density at radius 3 is 2.72 bits per heavy atom. The highest BCUT2D eigenvalue weighted by molar-refractivity contribution is 5.96. The molecule has 0 spiro atoms. The predicted octanol–water partition coefficient (Wildman–Crippen LogP) is 2.13. The van der Waals surface area contributed by atoms with Crippen LogP contribution in [0.15, 0.2) is 48.5 Å². The first-order valence-corrected chi connectivity index (χ1v) is 7.72. The number of rotatable bonds is 6. The monoisotopic (exact) mass is 341 g/mol. The number of amides is 1. The number of para-hydroxylation sites is 1. The van der Waals surface area contributed by atoms with E-state index in [4.69, 9.17) is 4.74 Å². The lowest BCUT2D eigenvalue weighted by Gasteiger charge is -2.10. The number of nitrogens with one attached hydrogen (secondary N) is 1. The van der Waals surface area contributed by atoms with Crippen molar-refractivity contribution < 1.29 is 13.9 Å². The summed E-state index contributed by atoms with van der Waals surface area (Å²) in [4.78, 5) is 12.4. The molecule has 25 heavy (non-hydrogen) atoms. The van der Waals surface area contributed by atoms with E-state index in [-0.39, 0.29) is 18.3 Å². The third-order valence-electron chi connectivity index (χ3n) is 3.44. The molecule has 128 valence electrons. The zero-order valence-corrected chi connectivity index (χ0v) is 13.5. The van der Waals surface area contributed by atoms with E-state index in [1.807, 2.05) is 6.92 Å². The summed E-state index contributed by atoms with van der Waals surface area (Å²) in [5, 5.41) is 14.1. The molecule has 1 heterocycles. The summed E-state index contributed by atoms with van der Waals surface area (Å²) in [6.07, 6.45) is 0. The summed E-state index contributed by atoms with van der Waals surface area (Å²) >= 11 is 0. The number of nitrogens with zero attached hydrogens (tertiary/aromatic N) is 4. The van der Waals surface area contributed by atoms with Crippen molar-refractivity contribution in [1.29, 1.82) is 0 Å². The Labute approximate surface area is 143 Å². The van der Waals surface area contributed by atoms with Crippen molar-refractivity contribution >= 4 is 5.91 Å². The van der Waals surface area contributed by atoms with Crippen molar-refractivity contribution in [2.45, 2.75) is 13.5 Å². The minimum atomic E-state index is -0.348. The molecule has 1 N–H and O–H groups in total. The molecule has 2 aromatic carbocycles. The van der Waals surface area contributed by atoms with Crippen LogP contribution in [-0.4, -0.2) is 32.7 Å². The zero-order valence-electron chi connectivity index (χ0n) is 13.5. The maximum Gasteiger partial charge on any atom is 0.255 e. The van der Waals surface area contributed by atoms with Gasteiger partial charge in [0.1, 0.15) is 11.6 Å². The fraction of sp³-hybridized carbons (Fsp3) is 0.176. The minimum absolute atomic E-state index is 0.115. The van der Waals surface area contributed by atoms with E-state index in [1.54, 1.807) is 36.4 Å². The molecule has 0 aliphatic rings. The fourth-order valence-electron chi connectivity index (χ4n) is 2.29. The van der Waals surface area contributed by atoms with Crippen LogP contribution in [0.25, 0.3) is 5.69 Å². The fourth-order valence-corrected chi connectivity index (χ4v) is 2.29. The Bertz CT molecular complexity index is 863. The molecule has 1 amide bonds. The van der Waals surface area contributed by atoms with Gasteiger partial charge in [0.25, 0.3) is 5.91 Å². The SMILES string of the molecule is CCOc1ccccc1C(=O)NCc1nnnn1-c1ccc(F)cc1. The van der Waals surface area contributed by atoms with E-state index < -0.39 is 0 Å². The first-order valence-electron chi connectivity index (χ1n) is 7.72. The smallest absolute Gasteiger partial charge is 0.255 e. The third-order valence-corrected chi connectivity index (χ3v) is 3.44. The molecule has 0 aliphatic carbocycles. The van der Waals surface area contributed by atoms with Crippen molar-refractivity contribution in [1.82, 2.24) is 25.5 Å². The van der Waals surface area contributed by atoms with Crippen LogP contribution in [0.2, 0.25) is 0 Å². The van der Waals surface area contributed by atoms with Crippen molar-refractivity contribution in [3.63, 3.8) is 0 Å². The number of carbonyl (C=O) groups excluding carboxylic acids is 1. The molecule has 0 unspecified atom stereocenters. The Balaban J connectivity index is 1.74. The van der Waals surface area contributed by atoms with Crippen LogP contribution in [0.1, 0.15) is 23.1 Å². The van der Waals surface area contributed by atoms with Gasteiger partial charge in [-0.2, -0.15) is 4.68 Å². The number of hydrogen-bond donors (Lipinski definition) is 1. The number of benzene rings is 2. The summed E-state index contributed by atoms with van der Waals surface area (Å²) in [6, 6.07) is 12.7. The van der Waals surface area contributed by atoms with Crippen molar-refractivity contribution in [3.8, 4) is 11.4 Å². The number of hydrogen-bond acceptors (Lipinski definition) is 5. The molecule has 0 aliphatic heterocycles. The summed E-state index contributed by atoms with van der Waals surface area (Å²) in [5.41, 5.74) is 1.04. The van der Waals surface area contributed by atoms with Crippen molar-refractivity contribution in [2.24, 2.45) is 0 Å². The maximum absolute atomic E-state index is 13.0. The van der Waals surface area contributed by atoms with Crippen LogP contribution in [0.3, 0.4) is 0 Å². The van der Waals surface area contributed by atoms with E-state index in [0.29, 0.717) is 29.4 Å².